The van der Waals surface area contributed by atoms with Gasteiger partial charge in [-0.1, -0.05) is 22.9 Å². The smallest absolute Gasteiger partial charge is 0.150 e. The third kappa shape index (κ3) is 3.66. The third-order valence-corrected chi connectivity index (χ3v) is 3.05. The molecule has 0 bridgehead atoms. The zero-order valence-electron chi connectivity index (χ0n) is 10.9. The first kappa shape index (κ1) is 14.7. The van der Waals surface area contributed by atoms with E-state index in [0.717, 1.165) is 13.0 Å². The molecule has 2 rings (SSSR count). The van der Waals surface area contributed by atoms with E-state index in [0.29, 0.717) is 16.0 Å². The fourth-order valence-corrected chi connectivity index (χ4v) is 2.07. The predicted molar refractivity (Wildman–Crippen MR) is 80.4 cm³/mol. The van der Waals surface area contributed by atoms with Crippen molar-refractivity contribution in [1.82, 2.24) is 4.98 Å². The zero-order valence-corrected chi connectivity index (χ0v) is 12.5. The quantitative estimate of drug-likeness (QED) is 0.828. The highest BCUT2D eigenvalue weighted by Crippen LogP contribution is 2.27. The Kier molecular flexibility index (Phi) is 4.89. The third-order valence-electron chi connectivity index (χ3n) is 2.59. The number of nitrogens with zero attached hydrogens (tertiary/aromatic N) is 1. The van der Waals surface area contributed by atoms with Gasteiger partial charge in [0.05, 0.1) is 0 Å². The molecule has 0 unspecified atom stereocenters. The molecule has 2 aromatic rings. The molecule has 6 heteroatoms. The van der Waals surface area contributed by atoms with Gasteiger partial charge in [-0.15, -0.1) is 0 Å². The number of rotatable bonds is 5. The maximum absolute atomic E-state index is 13.7. The molecule has 20 heavy (non-hydrogen) atoms. The van der Waals surface area contributed by atoms with Gasteiger partial charge in [0.2, 0.25) is 0 Å². The summed E-state index contributed by atoms with van der Waals surface area (Å²) < 4.78 is 27.8. The molecule has 1 aromatic heterocycles. The lowest BCUT2D eigenvalue weighted by molar-refractivity contribution is 0.589. The average Bonchev–Trinajstić information content (AvgIpc) is 2.41. The fraction of sp³-hybridized carbons (Fsp3) is 0.214. The first-order valence-electron chi connectivity index (χ1n) is 6.21. The van der Waals surface area contributed by atoms with Gasteiger partial charge in [-0.25, -0.2) is 13.8 Å². The first-order chi connectivity index (χ1) is 9.60. The summed E-state index contributed by atoms with van der Waals surface area (Å²) in [7, 11) is 0. The van der Waals surface area contributed by atoms with Gasteiger partial charge < -0.3 is 10.6 Å². The predicted octanol–water partition coefficient (Wildman–Crippen LogP) is 4.69. The van der Waals surface area contributed by atoms with Crippen LogP contribution >= 0.6 is 15.9 Å². The Labute approximate surface area is 124 Å². The number of pyridine rings is 1. The van der Waals surface area contributed by atoms with Gasteiger partial charge in [-0.05, 0) is 24.6 Å². The highest BCUT2D eigenvalue weighted by molar-refractivity contribution is 9.10. The number of halogens is 3. The Morgan fingerprint density at radius 2 is 1.90 bits per heavy atom. The van der Waals surface area contributed by atoms with Crippen LogP contribution in [0.4, 0.5) is 26.0 Å². The Balaban J connectivity index is 2.22. The van der Waals surface area contributed by atoms with E-state index in [1.807, 2.05) is 6.92 Å². The summed E-state index contributed by atoms with van der Waals surface area (Å²) in [6.45, 7) is 2.83. The minimum absolute atomic E-state index is 0.180. The fourth-order valence-electron chi connectivity index (χ4n) is 1.66. The number of benzene rings is 1. The molecule has 0 saturated heterocycles. The normalized spacial score (nSPS) is 10.4. The standard InChI is InChI=1S/C14H14BrF2N3/c1-2-4-18-13-8-10(3-5-19-13)20-14-11(16)6-9(15)7-12(14)17/h3,5-8H,2,4H2,1H3,(H2,18,19,20). The van der Waals surface area contributed by atoms with E-state index in [9.17, 15) is 8.78 Å². The van der Waals surface area contributed by atoms with Crippen molar-refractivity contribution in [2.24, 2.45) is 0 Å². The minimum atomic E-state index is -0.656. The Bertz CT molecular complexity index is 582. The molecular formula is C14H14BrF2N3. The van der Waals surface area contributed by atoms with Gasteiger partial charge in [-0.3, -0.25) is 0 Å². The number of aromatic nitrogens is 1. The maximum atomic E-state index is 13.7. The van der Waals surface area contributed by atoms with Crippen LogP contribution in [0.5, 0.6) is 0 Å². The van der Waals surface area contributed by atoms with E-state index in [1.54, 1.807) is 18.3 Å². The van der Waals surface area contributed by atoms with E-state index >= 15 is 0 Å². The van der Waals surface area contributed by atoms with Crippen molar-refractivity contribution in [2.75, 3.05) is 17.2 Å². The number of nitrogens with one attached hydrogen (secondary N) is 2. The largest absolute Gasteiger partial charge is 0.370 e. The minimum Gasteiger partial charge on any atom is -0.370 e. The molecule has 1 aromatic carbocycles. The van der Waals surface area contributed by atoms with Crippen molar-refractivity contribution < 1.29 is 8.78 Å². The molecule has 2 N–H and O–H groups in total. The van der Waals surface area contributed by atoms with Crippen molar-refractivity contribution in [3.05, 3.63) is 46.6 Å². The summed E-state index contributed by atoms with van der Waals surface area (Å²) >= 11 is 3.04. The van der Waals surface area contributed by atoms with E-state index in [2.05, 4.69) is 31.5 Å². The molecule has 0 atom stereocenters. The van der Waals surface area contributed by atoms with Crippen molar-refractivity contribution in [1.29, 1.82) is 0 Å². The van der Waals surface area contributed by atoms with Crippen LogP contribution in [0, 0.1) is 11.6 Å². The number of hydrogen-bond acceptors (Lipinski definition) is 3. The summed E-state index contributed by atoms with van der Waals surface area (Å²) in [5, 5.41) is 5.85. The summed E-state index contributed by atoms with van der Waals surface area (Å²) in [5.41, 5.74) is 0.388. The molecule has 106 valence electrons. The summed E-state index contributed by atoms with van der Waals surface area (Å²) in [6.07, 6.45) is 2.55. The van der Waals surface area contributed by atoms with E-state index < -0.39 is 11.6 Å². The monoisotopic (exact) mass is 341 g/mol. The van der Waals surface area contributed by atoms with Gasteiger partial charge in [0.1, 0.15) is 11.5 Å². The lowest BCUT2D eigenvalue weighted by Gasteiger charge is -2.11. The molecular weight excluding hydrogens is 328 g/mol. The molecule has 0 aliphatic heterocycles. The van der Waals surface area contributed by atoms with Crippen LogP contribution in [-0.4, -0.2) is 11.5 Å². The molecule has 0 saturated carbocycles. The molecule has 0 aliphatic rings. The number of hydrogen-bond donors (Lipinski definition) is 2. The van der Waals surface area contributed by atoms with E-state index in [-0.39, 0.29) is 5.69 Å². The van der Waals surface area contributed by atoms with Crippen molar-refractivity contribution in [3.8, 4) is 0 Å². The van der Waals surface area contributed by atoms with Gasteiger partial charge >= 0.3 is 0 Å². The topological polar surface area (TPSA) is 37.0 Å². The van der Waals surface area contributed by atoms with Crippen LogP contribution in [0.15, 0.2) is 34.9 Å². The van der Waals surface area contributed by atoms with E-state index in [1.165, 1.54) is 12.1 Å². The van der Waals surface area contributed by atoms with Gasteiger partial charge in [0, 0.05) is 29.0 Å². The Morgan fingerprint density at radius 1 is 1.20 bits per heavy atom. The molecule has 0 aliphatic carbocycles. The Hall–Kier alpha value is -1.69. The molecule has 0 fully saturated rings. The maximum Gasteiger partial charge on any atom is 0.150 e. The molecule has 3 nitrogen and oxygen atoms in total. The van der Waals surface area contributed by atoms with Crippen LogP contribution in [-0.2, 0) is 0 Å². The summed E-state index contributed by atoms with van der Waals surface area (Å²) in [5.74, 6) is -0.650. The van der Waals surface area contributed by atoms with Crippen LogP contribution in [0.3, 0.4) is 0 Å². The van der Waals surface area contributed by atoms with Crippen LogP contribution in [0.2, 0.25) is 0 Å². The first-order valence-corrected chi connectivity index (χ1v) is 7.01. The van der Waals surface area contributed by atoms with Gasteiger partial charge in [-0.2, -0.15) is 0 Å². The summed E-state index contributed by atoms with van der Waals surface area (Å²) in [6, 6.07) is 5.78. The van der Waals surface area contributed by atoms with Crippen LogP contribution in [0.1, 0.15) is 13.3 Å². The SMILES string of the molecule is CCCNc1cc(Nc2c(F)cc(Br)cc2F)ccn1. The molecule has 0 spiro atoms. The Morgan fingerprint density at radius 3 is 2.55 bits per heavy atom. The highest BCUT2D eigenvalue weighted by atomic mass is 79.9. The van der Waals surface area contributed by atoms with Gasteiger partial charge in [0.15, 0.2) is 11.6 Å². The average molecular weight is 342 g/mol. The zero-order chi connectivity index (χ0) is 14.5. The highest BCUT2D eigenvalue weighted by Gasteiger charge is 2.11. The lowest BCUT2D eigenvalue weighted by Crippen LogP contribution is -2.03. The van der Waals surface area contributed by atoms with Crippen LogP contribution in [0.25, 0.3) is 0 Å². The second kappa shape index (κ2) is 6.65. The lowest BCUT2D eigenvalue weighted by atomic mass is 10.2. The van der Waals surface area contributed by atoms with Crippen LogP contribution < -0.4 is 10.6 Å². The van der Waals surface area contributed by atoms with E-state index in [4.69, 9.17) is 0 Å². The second-order valence-corrected chi connectivity index (χ2v) is 5.14. The molecule has 0 amide bonds. The number of anilines is 3. The molecule has 0 radical (unpaired) electrons. The van der Waals surface area contributed by atoms with Crippen molar-refractivity contribution >= 4 is 33.1 Å². The van der Waals surface area contributed by atoms with Crippen molar-refractivity contribution in [2.45, 2.75) is 13.3 Å². The van der Waals surface area contributed by atoms with Gasteiger partial charge in [0.25, 0.3) is 0 Å². The van der Waals surface area contributed by atoms with Crippen molar-refractivity contribution in [3.63, 3.8) is 0 Å². The second-order valence-electron chi connectivity index (χ2n) is 4.23. The summed E-state index contributed by atoms with van der Waals surface area (Å²) in [4.78, 5) is 4.13. The molecule has 1 heterocycles.